The highest BCUT2D eigenvalue weighted by molar-refractivity contribution is 5.77. The molecule has 0 saturated heterocycles. The SMILES string of the molecule is CNC(=O)C(C)CCCCC(C)C. The molecular formula is C11H23NO. The molecule has 0 aliphatic carbocycles. The molecule has 0 saturated carbocycles. The van der Waals surface area contributed by atoms with Gasteiger partial charge < -0.3 is 5.32 Å². The van der Waals surface area contributed by atoms with Gasteiger partial charge in [0.2, 0.25) is 5.91 Å². The minimum absolute atomic E-state index is 0.171. The lowest BCUT2D eigenvalue weighted by Gasteiger charge is -2.09. The first kappa shape index (κ1) is 12.5. The van der Waals surface area contributed by atoms with Crippen molar-refractivity contribution in [3.8, 4) is 0 Å². The molecule has 1 N–H and O–H groups in total. The molecule has 0 bridgehead atoms. The Morgan fingerprint density at radius 2 is 1.69 bits per heavy atom. The Kier molecular flexibility index (Phi) is 6.65. The number of amides is 1. The van der Waals surface area contributed by atoms with Gasteiger partial charge in [-0.05, 0) is 12.3 Å². The van der Waals surface area contributed by atoms with E-state index in [2.05, 4.69) is 19.2 Å². The molecule has 78 valence electrons. The third-order valence-corrected chi connectivity index (χ3v) is 2.36. The maximum atomic E-state index is 11.1. The van der Waals surface area contributed by atoms with Gasteiger partial charge >= 0.3 is 0 Å². The zero-order valence-electron chi connectivity index (χ0n) is 9.39. The van der Waals surface area contributed by atoms with E-state index in [1.54, 1.807) is 7.05 Å². The predicted molar refractivity (Wildman–Crippen MR) is 56.5 cm³/mol. The van der Waals surface area contributed by atoms with Crippen LogP contribution in [0.3, 0.4) is 0 Å². The smallest absolute Gasteiger partial charge is 0.222 e. The van der Waals surface area contributed by atoms with Crippen molar-refractivity contribution in [2.75, 3.05) is 7.05 Å². The van der Waals surface area contributed by atoms with E-state index < -0.39 is 0 Å². The van der Waals surface area contributed by atoms with Crippen LogP contribution in [0, 0.1) is 11.8 Å². The van der Waals surface area contributed by atoms with Crippen LogP contribution in [0.1, 0.15) is 46.5 Å². The second-order valence-electron chi connectivity index (χ2n) is 4.19. The zero-order valence-corrected chi connectivity index (χ0v) is 9.39. The fourth-order valence-corrected chi connectivity index (χ4v) is 1.38. The summed E-state index contributed by atoms with van der Waals surface area (Å²) in [5, 5.41) is 2.68. The van der Waals surface area contributed by atoms with Crippen LogP contribution >= 0.6 is 0 Å². The molecule has 0 spiro atoms. The molecule has 1 unspecified atom stereocenters. The van der Waals surface area contributed by atoms with E-state index in [9.17, 15) is 4.79 Å². The van der Waals surface area contributed by atoms with Gasteiger partial charge in [-0.25, -0.2) is 0 Å². The van der Waals surface area contributed by atoms with Gasteiger partial charge in [0.1, 0.15) is 0 Å². The van der Waals surface area contributed by atoms with Crippen LogP contribution in [0.5, 0.6) is 0 Å². The van der Waals surface area contributed by atoms with Gasteiger partial charge in [0, 0.05) is 13.0 Å². The van der Waals surface area contributed by atoms with Crippen LogP contribution in [-0.2, 0) is 4.79 Å². The van der Waals surface area contributed by atoms with Crippen molar-refractivity contribution in [1.82, 2.24) is 5.32 Å². The summed E-state index contributed by atoms with van der Waals surface area (Å²) in [6, 6.07) is 0. The van der Waals surface area contributed by atoms with E-state index in [4.69, 9.17) is 0 Å². The number of carbonyl (C=O) groups excluding carboxylic acids is 1. The van der Waals surface area contributed by atoms with Gasteiger partial charge in [0.15, 0.2) is 0 Å². The van der Waals surface area contributed by atoms with E-state index in [-0.39, 0.29) is 11.8 Å². The Morgan fingerprint density at radius 1 is 1.15 bits per heavy atom. The molecule has 0 fully saturated rings. The summed E-state index contributed by atoms with van der Waals surface area (Å²) in [5.74, 6) is 1.14. The number of hydrogen-bond acceptors (Lipinski definition) is 1. The van der Waals surface area contributed by atoms with Crippen molar-refractivity contribution in [1.29, 1.82) is 0 Å². The van der Waals surface area contributed by atoms with Gasteiger partial charge in [-0.15, -0.1) is 0 Å². The highest BCUT2D eigenvalue weighted by Crippen LogP contribution is 2.12. The summed E-state index contributed by atoms with van der Waals surface area (Å²) < 4.78 is 0. The van der Waals surface area contributed by atoms with Crippen molar-refractivity contribution < 1.29 is 4.79 Å². The lowest BCUT2D eigenvalue weighted by molar-refractivity contribution is -0.124. The monoisotopic (exact) mass is 185 g/mol. The molecule has 0 aromatic carbocycles. The van der Waals surface area contributed by atoms with E-state index in [1.807, 2.05) is 6.92 Å². The van der Waals surface area contributed by atoms with Crippen LogP contribution in [0.2, 0.25) is 0 Å². The lowest BCUT2D eigenvalue weighted by Crippen LogP contribution is -2.25. The Bertz CT molecular complexity index is 143. The molecule has 0 radical (unpaired) electrons. The summed E-state index contributed by atoms with van der Waals surface area (Å²) >= 11 is 0. The zero-order chi connectivity index (χ0) is 10.3. The van der Waals surface area contributed by atoms with Crippen LogP contribution in [0.15, 0.2) is 0 Å². The molecule has 2 heteroatoms. The summed E-state index contributed by atoms with van der Waals surface area (Å²) in [5.41, 5.74) is 0. The molecule has 2 nitrogen and oxygen atoms in total. The summed E-state index contributed by atoms with van der Waals surface area (Å²) in [7, 11) is 1.70. The van der Waals surface area contributed by atoms with Crippen LogP contribution in [-0.4, -0.2) is 13.0 Å². The molecule has 0 aliphatic rings. The largest absolute Gasteiger partial charge is 0.359 e. The first-order chi connectivity index (χ1) is 6.07. The highest BCUT2D eigenvalue weighted by atomic mass is 16.1. The third kappa shape index (κ3) is 6.62. The fourth-order valence-electron chi connectivity index (χ4n) is 1.38. The minimum atomic E-state index is 0.171. The van der Waals surface area contributed by atoms with E-state index in [0.717, 1.165) is 12.3 Å². The Hall–Kier alpha value is -0.530. The standard InChI is InChI=1S/C11H23NO/c1-9(2)7-5-6-8-10(3)11(13)12-4/h9-10H,5-8H2,1-4H3,(H,12,13). The quantitative estimate of drug-likeness (QED) is 0.633. The molecule has 0 aromatic heterocycles. The first-order valence-corrected chi connectivity index (χ1v) is 5.29. The predicted octanol–water partition coefficient (Wildman–Crippen LogP) is 2.58. The topological polar surface area (TPSA) is 29.1 Å². The van der Waals surface area contributed by atoms with Gasteiger partial charge in [0.05, 0.1) is 0 Å². The molecule has 0 rings (SSSR count). The van der Waals surface area contributed by atoms with E-state index in [1.165, 1.54) is 19.3 Å². The Balaban J connectivity index is 3.37. The molecule has 1 atom stereocenters. The van der Waals surface area contributed by atoms with Crippen molar-refractivity contribution in [2.24, 2.45) is 11.8 Å². The van der Waals surface area contributed by atoms with E-state index >= 15 is 0 Å². The summed E-state index contributed by atoms with van der Waals surface area (Å²) in [6.45, 7) is 6.47. The highest BCUT2D eigenvalue weighted by Gasteiger charge is 2.09. The second-order valence-corrected chi connectivity index (χ2v) is 4.19. The summed E-state index contributed by atoms with van der Waals surface area (Å²) in [6.07, 6.45) is 4.72. The Labute approximate surface area is 82.1 Å². The fraction of sp³-hybridized carbons (Fsp3) is 0.909. The molecule has 0 aliphatic heterocycles. The minimum Gasteiger partial charge on any atom is -0.359 e. The van der Waals surface area contributed by atoms with Crippen molar-refractivity contribution in [3.63, 3.8) is 0 Å². The van der Waals surface area contributed by atoms with Gasteiger partial charge in [-0.1, -0.05) is 40.0 Å². The third-order valence-electron chi connectivity index (χ3n) is 2.36. The molecule has 0 aromatic rings. The molecule has 1 amide bonds. The van der Waals surface area contributed by atoms with Crippen LogP contribution in [0.4, 0.5) is 0 Å². The molecule has 13 heavy (non-hydrogen) atoms. The van der Waals surface area contributed by atoms with E-state index in [0.29, 0.717) is 0 Å². The average Bonchev–Trinajstić information content (AvgIpc) is 2.10. The lowest BCUT2D eigenvalue weighted by atomic mass is 9.99. The second kappa shape index (κ2) is 6.93. The van der Waals surface area contributed by atoms with Crippen LogP contribution < -0.4 is 5.32 Å². The molecular weight excluding hydrogens is 162 g/mol. The van der Waals surface area contributed by atoms with Crippen molar-refractivity contribution >= 4 is 5.91 Å². The summed E-state index contributed by atoms with van der Waals surface area (Å²) in [4.78, 5) is 11.1. The van der Waals surface area contributed by atoms with Gasteiger partial charge in [-0.2, -0.15) is 0 Å². The average molecular weight is 185 g/mol. The Morgan fingerprint density at radius 3 is 2.15 bits per heavy atom. The van der Waals surface area contributed by atoms with Gasteiger partial charge in [0.25, 0.3) is 0 Å². The maximum absolute atomic E-state index is 11.1. The molecule has 0 heterocycles. The number of hydrogen-bond donors (Lipinski definition) is 1. The first-order valence-electron chi connectivity index (χ1n) is 5.29. The normalized spacial score (nSPS) is 13.0. The van der Waals surface area contributed by atoms with Crippen molar-refractivity contribution in [2.45, 2.75) is 46.5 Å². The van der Waals surface area contributed by atoms with Crippen LogP contribution in [0.25, 0.3) is 0 Å². The van der Waals surface area contributed by atoms with Crippen molar-refractivity contribution in [3.05, 3.63) is 0 Å². The number of rotatable bonds is 6. The number of unbranched alkanes of at least 4 members (excludes halogenated alkanes) is 1. The number of nitrogens with one attached hydrogen (secondary N) is 1. The number of carbonyl (C=O) groups is 1. The maximum Gasteiger partial charge on any atom is 0.222 e. The van der Waals surface area contributed by atoms with Gasteiger partial charge in [-0.3, -0.25) is 4.79 Å².